The summed E-state index contributed by atoms with van der Waals surface area (Å²) in [5, 5.41) is 3.43. The SMILES string of the molecule is CCOC(C(NC)C1CC1)C(C)(C)C. The molecule has 1 saturated carbocycles. The van der Waals surface area contributed by atoms with Crippen molar-refractivity contribution in [2.75, 3.05) is 13.7 Å². The molecule has 0 saturated heterocycles. The van der Waals surface area contributed by atoms with E-state index in [0.29, 0.717) is 12.1 Å². The molecule has 0 spiro atoms. The molecule has 2 atom stereocenters. The molecule has 1 fully saturated rings. The maximum absolute atomic E-state index is 5.90. The molecular formula is C12H25NO. The number of hydrogen-bond donors (Lipinski definition) is 1. The predicted molar refractivity (Wildman–Crippen MR) is 60.4 cm³/mol. The molecule has 0 heterocycles. The molecule has 0 aromatic carbocycles. The van der Waals surface area contributed by atoms with Crippen LogP contribution in [0, 0.1) is 11.3 Å². The minimum absolute atomic E-state index is 0.228. The molecule has 0 radical (unpaired) electrons. The van der Waals surface area contributed by atoms with Crippen LogP contribution in [0.15, 0.2) is 0 Å². The number of nitrogens with one attached hydrogen (secondary N) is 1. The summed E-state index contributed by atoms with van der Waals surface area (Å²) in [7, 11) is 2.06. The third-order valence-electron chi connectivity index (χ3n) is 2.99. The fourth-order valence-electron chi connectivity index (χ4n) is 2.16. The summed E-state index contributed by atoms with van der Waals surface area (Å²) in [5.41, 5.74) is 0.228. The van der Waals surface area contributed by atoms with Crippen molar-refractivity contribution in [1.82, 2.24) is 5.32 Å². The third kappa shape index (κ3) is 2.96. The van der Waals surface area contributed by atoms with Crippen LogP contribution in [-0.2, 0) is 4.74 Å². The Balaban J connectivity index is 2.63. The van der Waals surface area contributed by atoms with Crippen molar-refractivity contribution >= 4 is 0 Å². The summed E-state index contributed by atoms with van der Waals surface area (Å²) in [6.45, 7) is 9.69. The van der Waals surface area contributed by atoms with Crippen molar-refractivity contribution in [2.24, 2.45) is 11.3 Å². The number of likely N-dealkylation sites (N-methyl/N-ethyl adjacent to an activating group) is 1. The molecule has 14 heavy (non-hydrogen) atoms. The Bertz CT molecular complexity index is 170. The molecule has 2 heteroatoms. The standard InChI is InChI=1S/C12H25NO/c1-6-14-11(12(2,3)4)10(13-5)9-7-8-9/h9-11,13H,6-8H2,1-5H3. The van der Waals surface area contributed by atoms with Crippen molar-refractivity contribution in [3.63, 3.8) is 0 Å². The molecule has 0 bridgehead atoms. The highest BCUT2D eigenvalue weighted by atomic mass is 16.5. The van der Waals surface area contributed by atoms with Gasteiger partial charge in [-0.1, -0.05) is 20.8 Å². The van der Waals surface area contributed by atoms with Gasteiger partial charge < -0.3 is 10.1 Å². The first-order chi connectivity index (χ1) is 6.50. The normalized spacial score (nSPS) is 22.1. The van der Waals surface area contributed by atoms with Gasteiger partial charge in [0, 0.05) is 12.6 Å². The molecule has 0 aliphatic heterocycles. The van der Waals surface area contributed by atoms with E-state index in [9.17, 15) is 0 Å². The Hall–Kier alpha value is -0.0800. The summed E-state index contributed by atoms with van der Waals surface area (Å²) in [6, 6.07) is 0.537. The van der Waals surface area contributed by atoms with Crippen LogP contribution < -0.4 is 5.32 Å². The van der Waals surface area contributed by atoms with E-state index in [-0.39, 0.29) is 5.41 Å². The molecule has 0 aromatic heterocycles. The van der Waals surface area contributed by atoms with E-state index in [1.54, 1.807) is 0 Å². The van der Waals surface area contributed by atoms with Gasteiger partial charge in [0.15, 0.2) is 0 Å². The summed E-state index contributed by atoms with van der Waals surface area (Å²) < 4.78 is 5.90. The summed E-state index contributed by atoms with van der Waals surface area (Å²) >= 11 is 0. The van der Waals surface area contributed by atoms with Crippen LogP contribution in [0.1, 0.15) is 40.5 Å². The smallest absolute Gasteiger partial charge is 0.0778 e. The Morgan fingerprint density at radius 1 is 1.36 bits per heavy atom. The Kier molecular flexibility index (Phi) is 3.96. The van der Waals surface area contributed by atoms with Gasteiger partial charge in [-0.25, -0.2) is 0 Å². The van der Waals surface area contributed by atoms with Crippen LogP contribution in [0.2, 0.25) is 0 Å². The number of rotatable bonds is 5. The highest BCUT2D eigenvalue weighted by molar-refractivity contribution is 4.95. The molecule has 1 aliphatic carbocycles. The zero-order valence-electron chi connectivity index (χ0n) is 10.3. The van der Waals surface area contributed by atoms with E-state index in [4.69, 9.17) is 4.74 Å². The van der Waals surface area contributed by atoms with E-state index in [0.717, 1.165) is 12.5 Å². The molecule has 1 aliphatic rings. The molecule has 2 unspecified atom stereocenters. The molecule has 2 nitrogen and oxygen atoms in total. The van der Waals surface area contributed by atoms with Crippen molar-refractivity contribution < 1.29 is 4.74 Å². The van der Waals surface area contributed by atoms with E-state index >= 15 is 0 Å². The van der Waals surface area contributed by atoms with Gasteiger partial charge in [-0.05, 0) is 38.1 Å². The average Bonchev–Trinajstić information content (AvgIpc) is 2.86. The van der Waals surface area contributed by atoms with Crippen molar-refractivity contribution in [3.05, 3.63) is 0 Å². The van der Waals surface area contributed by atoms with E-state index in [1.165, 1.54) is 12.8 Å². The predicted octanol–water partition coefficient (Wildman–Crippen LogP) is 2.44. The van der Waals surface area contributed by atoms with E-state index in [1.807, 2.05) is 0 Å². The fraction of sp³-hybridized carbons (Fsp3) is 1.00. The van der Waals surface area contributed by atoms with E-state index < -0.39 is 0 Å². The molecule has 0 aromatic rings. The van der Waals surface area contributed by atoms with Crippen LogP contribution in [0.5, 0.6) is 0 Å². The van der Waals surface area contributed by atoms with Gasteiger partial charge in [0.25, 0.3) is 0 Å². The van der Waals surface area contributed by atoms with Crippen LogP contribution in [0.3, 0.4) is 0 Å². The highest BCUT2D eigenvalue weighted by Gasteiger charge is 2.41. The maximum Gasteiger partial charge on any atom is 0.0778 e. The first-order valence-electron chi connectivity index (χ1n) is 5.79. The first kappa shape index (κ1) is 12.0. The van der Waals surface area contributed by atoms with Gasteiger partial charge in [0.05, 0.1) is 6.10 Å². The quantitative estimate of drug-likeness (QED) is 0.734. The van der Waals surface area contributed by atoms with Gasteiger partial charge in [-0.2, -0.15) is 0 Å². The number of ether oxygens (including phenoxy) is 1. The first-order valence-corrected chi connectivity index (χ1v) is 5.79. The van der Waals surface area contributed by atoms with Gasteiger partial charge in [-0.15, -0.1) is 0 Å². The number of hydrogen-bond acceptors (Lipinski definition) is 2. The van der Waals surface area contributed by atoms with Gasteiger partial charge >= 0.3 is 0 Å². The molecular weight excluding hydrogens is 174 g/mol. The van der Waals surface area contributed by atoms with Crippen LogP contribution in [0.25, 0.3) is 0 Å². The molecule has 0 amide bonds. The van der Waals surface area contributed by atoms with Crippen LogP contribution in [0.4, 0.5) is 0 Å². The highest BCUT2D eigenvalue weighted by Crippen LogP contribution is 2.39. The zero-order valence-corrected chi connectivity index (χ0v) is 10.3. The molecule has 1 rings (SSSR count). The van der Waals surface area contributed by atoms with Crippen molar-refractivity contribution in [1.29, 1.82) is 0 Å². The lowest BCUT2D eigenvalue weighted by atomic mass is 9.83. The van der Waals surface area contributed by atoms with Gasteiger partial charge in [-0.3, -0.25) is 0 Å². The largest absolute Gasteiger partial charge is 0.376 e. The zero-order chi connectivity index (χ0) is 10.8. The maximum atomic E-state index is 5.90. The lowest BCUT2D eigenvalue weighted by molar-refractivity contribution is -0.0389. The average molecular weight is 199 g/mol. The van der Waals surface area contributed by atoms with Gasteiger partial charge in [0.1, 0.15) is 0 Å². The third-order valence-corrected chi connectivity index (χ3v) is 2.99. The minimum atomic E-state index is 0.228. The van der Waals surface area contributed by atoms with Crippen LogP contribution >= 0.6 is 0 Å². The van der Waals surface area contributed by atoms with Gasteiger partial charge in [0.2, 0.25) is 0 Å². The Morgan fingerprint density at radius 3 is 2.21 bits per heavy atom. The lowest BCUT2D eigenvalue weighted by Gasteiger charge is -2.36. The second kappa shape index (κ2) is 4.63. The minimum Gasteiger partial charge on any atom is -0.376 e. The molecule has 84 valence electrons. The second-order valence-electron chi connectivity index (χ2n) is 5.39. The lowest BCUT2D eigenvalue weighted by Crippen LogP contribution is -2.48. The summed E-state index contributed by atoms with van der Waals surface area (Å²) in [4.78, 5) is 0. The second-order valence-corrected chi connectivity index (χ2v) is 5.39. The van der Waals surface area contributed by atoms with E-state index in [2.05, 4.69) is 40.1 Å². The Labute approximate surface area is 88.4 Å². The fourth-order valence-corrected chi connectivity index (χ4v) is 2.16. The molecule has 1 N–H and O–H groups in total. The topological polar surface area (TPSA) is 21.3 Å². The summed E-state index contributed by atoms with van der Waals surface area (Å²) in [6.07, 6.45) is 3.07. The monoisotopic (exact) mass is 199 g/mol. The van der Waals surface area contributed by atoms with Crippen molar-refractivity contribution in [3.8, 4) is 0 Å². The summed E-state index contributed by atoms with van der Waals surface area (Å²) in [5.74, 6) is 0.843. The van der Waals surface area contributed by atoms with Crippen LogP contribution in [-0.4, -0.2) is 25.8 Å². The Morgan fingerprint density at radius 2 is 1.93 bits per heavy atom. The van der Waals surface area contributed by atoms with Crippen molar-refractivity contribution in [2.45, 2.75) is 52.7 Å².